The van der Waals surface area contributed by atoms with Crippen LogP contribution in [0.2, 0.25) is 0 Å². The second-order valence-corrected chi connectivity index (χ2v) is 10.2. The van der Waals surface area contributed by atoms with Crippen LogP contribution in [0.25, 0.3) is 11.1 Å². The Morgan fingerprint density at radius 1 is 0.921 bits per heavy atom. The van der Waals surface area contributed by atoms with Crippen LogP contribution in [0, 0.1) is 5.92 Å². The maximum Gasteiger partial charge on any atom is 0.407 e. The highest BCUT2D eigenvalue weighted by Crippen LogP contribution is 2.44. The standard InChI is InChI=1S/C31H32N2O5/c1-19(2)28-30(35)37-18-27(21-11-5-4-6-12-21)33(28)29(34)20(3)32-31(36)38-17-26-24-15-9-7-13-22(24)23-14-8-10-16-25(23)26/h4-16,19-20,26-28H,17-18H2,1-3H3,(H,32,36)/t20-,27?,28?/m0/s1. The summed E-state index contributed by atoms with van der Waals surface area (Å²) in [6.45, 7) is 5.59. The van der Waals surface area contributed by atoms with Crippen LogP contribution in [0.1, 0.15) is 49.4 Å². The lowest BCUT2D eigenvalue weighted by atomic mass is 9.94. The summed E-state index contributed by atoms with van der Waals surface area (Å²) in [6, 6.07) is 23.6. The molecule has 3 aromatic rings. The van der Waals surface area contributed by atoms with E-state index in [1.807, 2.05) is 68.4 Å². The highest BCUT2D eigenvalue weighted by Gasteiger charge is 2.44. The number of morpholine rings is 1. The molecule has 7 heteroatoms. The highest BCUT2D eigenvalue weighted by atomic mass is 16.5. The van der Waals surface area contributed by atoms with Crippen LogP contribution in [-0.4, -0.2) is 48.2 Å². The van der Waals surface area contributed by atoms with Gasteiger partial charge >= 0.3 is 12.1 Å². The highest BCUT2D eigenvalue weighted by molar-refractivity contribution is 5.90. The number of hydrogen-bond donors (Lipinski definition) is 1. The molecule has 2 aliphatic rings. The van der Waals surface area contributed by atoms with Crippen LogP contribution in [0.3, 0.4) is 0 Å². The van der Waals surface area contributed by atoms with Crippen molar-refractivity contribution in [3.8, 4) is 11.1 Å². The number of cyclic esters (lactones) is 1. The molecule has 0 bridgehead atoms. The van der Waals surface area contributed by atoms with Crippen molar-refractivity contribution in [3.05, 3.63) is 95.6 Å². The Balaban J connectivity index is 1.29. The first-order valence-electron chi connectivity index (χ1n) is 13.0. The van der Waals surface area contributed by atoms with Gasteiger partial charge in [0.25, 0.3) is 0 Å². The third-order valence-corrected chi connectivity index (χ3v) is 7.38. The van der Waals surface area contributed by atoms with Crippen molar-refractivity contribution in [1.29, 1.82) is 0 Å². The van der Waals surface area contributed by atoms with E-state index >= 15 is 0 Å². The number of alkyl carbamates (subject to hydrolysis) is 1. The molecular formula is C31H32N2O5. The van der Waals surface area contributed by atoms with E-state index < -0.39 is 30.2 Å². The first-order valence-corrected chi connectivity index (χ1v) is 13.0. The third kappa shape index (κ3) is 4.76. The minimum Gasteiger partial charge on any atom is -0.462 e. The van der Waals surface area contributed by atoms with Gasteiger partial charge in [0, 0.05) is 5.92 Å². The Kier molecular flexibility index (Phi) is 7.18. The molecule has 3 aromatic carbocycles. The fraction of sp³-hybridized carbons (Fsp3) is 0.323. The number of ether oxygens (including phenoxy) is 2. The summed E-state index contributed by atoms with van der Waals surface area (Å²) in [5, 5.41) is 2.69. The van der Waals surface area contributed by atoms with Gasteiger partial charge in [-0.3, -0.25) is 4.79 Å². The largest absolute Gasteiger partial charge is 0.462 e. The number of rotatable bonds is 6. The van der Waals surface area contributed by atoms with E-state index in [9.17, 15) is 14.4 Å². The number of nitrogens with one attached hydrogen (secondary N) is 1. The van der Waals surface area contributed by atoms with Crippen LogP contribution >= 0.6 is 0 Å². The minimum absolute atomic E-state index is 0.0650. The normalized spacial score (nSPS) is 19.4. The Labute approximate surface area is 222 Å². The Hall–Kier alpha value is -4.13. The van der Waals surface area contributed by atoms with Crippen LogP contribution in [0.4, 0.5) is 4.79 Å². The van der Waals surface area contributed by atoms with Crippen LogP contribution in [-0.2, 0) is 19.1 Å². The van der Waals surface area contributed by atoms with Gasteiger partial charge in [0.2, 0.25) is 5.91 Å². The van der Waals surface area contributed by atoms with E-state index in [2.05, 4.69) is 29.6 Å². The Morgan fingerprint density at radius 2 is 1.50 bits per heavy atom. The summed E-state index contributed by atoms with van der Waals surface area (Å²) in [7, 11) is 0. The van der Waals surface area contributed by atoms with Crippen molar-refractivity contribution in [2.45, 2.75) is 44.8 Å². The predicted octanol–water partition coefficient (Wildman–Crippen LogP) is 5.06. The first kappa shape index (κ1) is 25.5. The molecule has 2 amide bonds. The molecule has 3 atom stereocenters. The van der Waals surface area contributed by atoms with Crippen molar-refractivity contribution >= 4 is 18.0 Å². The number of fused-ring (bicyclic) bond motifs is 3. The van der Waals surface area contributed by atoms with Gasteiger partial charge in [-0.15, -0.1) is 0 Å². The number of nitrogens with zero attached hydrogens (tertiary/aromatic N) is 1. The number of amides is 2. The molecule has 0 spiro atoms. The molecule has 1 fully saturated rings. The molecule has 0 aromatic heterocycles. The van der Waals surface area contributed by atoms with Gasteiger partial charge in [0.1, 0.15) is 25.3 Å². The summed E-state index contributed by atoms with van der Waals surface area (Å²) in [6.07, 6.45) is -0.676. The van der Waals surface area contributed by atoms with Gasteiger partial charge in [0.15, 0.2) is 0 Å². The average Bonchev–Trinajstić information content (AvgIpc) is 3.25. The van der Waals surface area contributed by atoms with Crippen molar-refractivity contribution in [2.24, 2.45) is 5.92 Å². The third-order valence-electron chi connectivity index (χ3n) is 7.38. The van der Waals surface area contributed by atoms with E-state index in [0.29, 0.717) is 0 Å². The van der Waals surface area contributed by atoms with Gasteiger partial charge in [-0.25, -0.2) is 9.59 Å². The zero-order valence-electron chi connectivity index (χ0n) is 21.8. The van der Waals surface area contributed by atoms with Gasteiger partial charge in [-0.05, 0) is 40.7 Å². The van der Waals surface area contributed by atoms with Crippen molar-refractivity contribution in [3.63, 3.8) is 0 Å². The van der Waals surface area contributed by atoms with Crippen molar-refractivity contribution < 1.29 is 23.9 Å². The topological polar surface area (TPSA) is 84.9 Å². The average molecular weight is 513 g/mol. The molecule has 1 aliphatic heterocycles. The lowest BCUT2D eigenvalue weighted by molar-refractivity contribution is -0.173. The molecule has 0 radical (unpaired) electrons. The number of benzene rings is 3. The summed E-state index contributed by atoms with van der Waals surface area (Å²) >= 11 is 0. The van der Waals surface area contributed by atoms with Crippen LogP contribution in [0.5, 0.6) is 0 Å². The molecule has 5 rings (SSSR count). The second-order valence-electron chi connectivity index (χ2n) is 10.2. The van der Waals surface area contributed by atoms with E-state index in [4.69, 9.17) is 9.47 Å². The number of hydrogen-bond acceptors (Lipinski definition) is 5. The van der Waals surface area contributed by atoms with Crippen molar-refractivity contribution in [2.75, 3.05) is 13.2 Å². The lowest BCUT2D eigenvalue weighted by Gasteiger charge is -2.43. The fourth-order valence-corrected chi connectivity index (χ4v) is 5.55. The maximum atomic E-state index is 13.7. The zero-order chi connectivity index (χ0) is 26.8. The van der Waals surface area contributed by atoms with Gasteiger partial charge < -0.3 is 19.7 Å². The fourth-order valence-electron chi connectivity index (χ4n) is 5.55. The molecule has 196 valence electrons. The number of carbonyl (C=O) groups excluding carboxylic acids is 3. The second kappa shape index (κ2) is 10.7. The molecule has 1 saturated heterocycles. The smallest absolute Gasteiger partial charge is 0.407 e. The zero-order valence-corrected chi connectivity index (χ0v) is 21.8. The number of carbonyl (C=O) groups is 3. The van der Waals surface area contributed by atoms with E-state index in [-0.39, 0.29) is 31.0 Å². The summed E-state index contributed by atoms with van der Waals surface area (Å²) in [5.41, 5.74) is 5.38. The quantitative estimate of drug-likeness (QED) is 0.467. The molecule has 0 saturated carbocycles. The minimum atomic E-state index is -0.899. The van der Waals surface area contributed by atoms with E-state index in [1.54, 1.807) is 11.8 Å². The summed E-state index contributed by atoms with van der Waals surface area (Å²) in [5.74, 6) is -1.04. The lowest BCUT2D eigenvalue weighted by Crippen LogP contribution is -2.59. The molecule has 38 heavy (non-hydrogen) atoms. The van der Waals surface area contributed by atoms with E-state index in [1.165, 1.54) is 0 Å². The van der Waals surface area contributed by atoms with Gasteiger partial charge in [0.05, 0.1) is 6.04 Å². The molecule has 1 aliphatic carbocycles. The molecular weight excluding hydrogens is 480 g/mol. The number of esters is 1. The molecule has 1 heterocycles. The van der Waals surface area contributed by atoms with Crippen LogP contribution in [0.15, 0.2) is 78.9 Å². The molecule has 2 unspecified atom stereocenters. The Morgan fingerprint density at radius 3 is 2.11 bits per heavy atom. The van der Waals surface area contributed by atoms with Gasteiger partial charge in [-0.2, -0.15) is 0 Å². The summed E-state index contributed by atoms with van der Waals surface area (Å²) < 4.78 is 11.1. The van der Waals surface area contributed by atoms with Crippen LogP contribution < -0.4 is 5.32 Å². The van der Waals surface area contributed by atoms with E-state index in [0.717, 1.165) is 27.8 Å². The first-order chi connectivity index (χ1) is 18.4. The maximum absolute atomic E-state index is 13.7. The molecule has 1 N–H and O–H groups in total. The monoisotopic (exact) mass is 512 g/mol. The van der Waals surface area contributed by atoms with Gasteiger partial charge in [-0.1, -0.05) is 92.7 Å². The Bertz CT molecular complexity index is 1290. The summed E-state index contributed by atoms with van der Waals surface area (Å²) in [4.78, 5) is 40.8. The SMILES string of the molecule is CC(C)C1C(=O)OCC(c2ccccc2)N1C(=O)[C@H](C)NC(=O)OCC1c2ccccc2-c2ccccc21. The predicted molar refractivity (Wildman–Crippen MR) is 143 cm³/mol. The van der Waals surface area contributed by atoms with Crippen molar-refractivity contribution in [1.82, 2.24) is 10.2 Å². The molecule has 7 nitrogen and oxygen atoms in total.